The van der Waals surface area contributed by atoms with Crippen molar-refractivity contribution in [3.63, 3.8) is 0 Å². The zero-order chi connectivity index (χ0) is 13.8. The van der Waals surface area contributed by atoms with Crippen molar-refractivity contribution < 1.29 is 8.78 Å². The Kier molecular flexibility index (Phi) is 4.78. The second kappa shape index (κ2) is 6.36. The van der Waals surface area contributed by atoms with Crippen molar-refractivity contribution in [1.82, 2.24) is 0 Å². The van der Waals surface area contributed by atoms with Crippen LogP contribution < -0.4 is 0 Å². The van der Waals surface area contributed by atoms with E-state index in [9.17, 15) is 8.78 Å². The van der Waals surface area contributed by atoms with E-state index in [0.29, 0.717) is 22.9 Å². The molecule has 0 saturated heterocycles. The van der Waals surface area contributed by atoms with Gasteiger partial charge in [0.2, 0.25) is 0 Å². The number of halogens is 4. The lowest BCUT2D eigenvalue weighted by molar-refractivity contribution is 0.495. The van der Waals surface area contributed by atoms with Gasteiger partial charge < -0.3 is 0 Å². The smallest absolute Gasteiger partial charge is 0.162 e. The first-order valence-electron chi connectivity index (χ1n) is 5.86. The third-order valence-corrected chi connectivity index (χ3v) is 3.65. The highest BCUT2D eigenvalue weighted by Gasteiger charge is 2.15. The van der Waals surface area contributed by atoms with Crippen LogP contribution in [0.1, 0.15) is 17.0 Å². The first kappa shape index (κ1) is 14.3. The highest BCUT2D eigenvalue weighted by molar-refractivity contribution is 6.30. The zero-order valence-electron chi connectivity index (χ0n) is 10.0. The van der Waals surface area contributed by atoms with Crippen LogP contribution in [0.15, 0.2) is 42.5 Å². The maximum Gasteiger partial charge on any atom is 0.162 e. The molecule has 0 spiro atoms. The molecule has 1 atom stereocenters. The Morgan fingerprint density at radius 2 is 1.68 bits per heavy atom. The van der Waals surface area contributed by atoms with E-state index >= 15 is 0 Å². The summed E-state index contributed by atoms with van der Waals surface area (Å²) < 4.78 is 26.8. The summed E-state index contributed by atoms with van der Waals surface area (Å²) in [6.45, 7) is 0. The van der Waals surface area contributed by atoms with Gasteiger partial charge in [0.05, 0.1) is 0 Å². The number of rotatable bonds is 4. The van der Waals surface area contributed by atoms with Crippen LogP contribution in [-0.4, -0.2) is 5.88 Å². The van der Waals surface area contributed by atoms with Crippen LogP contribution in [0.5, 0.6) is 0 Å². The molecule has 0 amide bonds. The van der Waals surface area contributed by atoms with Gasteiger partial charge in [0.15, 0.2) is 11.6 Å². The van der Waals surface area contributed by atoms with Gasteiger partial charge in [0.1, 0.15) is 0 Å². The number of benzene rings is 2. The van der Waals surface area contributed by atoms with Crippen molar-refractivity contribution in [2.24, 2.45) is 0 Å². The van der Waals surface area contributed by atoms with Gasteiger partial charge in [-0.15, -0.1) is 11.6 Å². The Hall–Kier alpha value is -1.12. The van der Waals surface area contributed by atoms with Crippen molar-refractivity contribution in [2.45, 2.75) is 12.3 Å². The molecule has 0 aromatic heterocycles. The normalized spacial score (nSPS) is 12.4. The first-order chi connectivity index (χ1) is 9.11. The fourth-order valence-electron chi connectivity index (χ4n) is 1.97. The van der Waals surface area contributed by atoms with Gasteiger partial charge in [-0.3, -0.25) is 0 Å². The van der Waals surface area contributed by atoms with E-state index in [1.54, 1.807) is 18.2 Å². The fourth-order valence-corrected chi connectivity index (χ4v) is 2.38. The van der Waals surface area contributed by atoms with Crippen molar-refractivity contribution in [1.29, 1.82) is 0 Å². The molecule has 2 aromatic rings. The molecule has 1 unspecified atom stereocenters. The van der Waals surface area contributed by atoms with Crippen LogP contribution in [0.3, 0.4) is 0 Å². The predicted octanol–water partition coefficient (Wildman–Crippen LogP) is 5.18. The standard InChI is InChI=1S/C15H12Cl2F2/c16-9-12(10-4-6-13(17)7-5-10)8-11-2-1-3-14(18)15(11)19/h1-7,12H,8-9H2. The van der Waals surface area contributed by atoms with Gasteiger partial charge in [-0.05, 0) is 35.7 Å². The molecule has 0 aliphatic carbocycles. The first-order valence-corrected chi connectivity index (χ1v) is 6.77. The van der Waals surface area contributed by atoms with Gasteiger partial charge in [-0.2, -0.15) is 0 Å². The molecule has 0 fully saturated rings. The van der Waals surface area contributed by atoms with Crippen LogP contribution in [0.25, 0.3) is 0 Å². The molecule has 2 aromatic carbocycles. The molecule has 0 saturated carbocycles. The SMILES string of the molecule is Fc1cccc(CC(CCl)c2ccc(Cl)cc2)c1F. The maximum atomic E-state index is 13.6. The summed E-state index contributed by atoms with van der Waals surface area (Å²) in [4.78, 5) is 0. The second-order valence-corrected chi connectivity index (χ2v) is 5.06. The van der Waals surface area contributed by atoms with Crippen LogP contribution >= 0.6 is 23.2 Å². The highest BCUT2D eigenvalue weighted by atomic mass is 35.5. The average molecular weight is 301 g/mol. The topological polar surface area (TPSA) is 0 Å². The van der Waals surface area contributed by atoms with Gasteiger partial charge in [0, 0.05) is 16.8 Å². The molecular weight excluding hydrogens is 289 g/mol. The summed E-state index contributed by atoms with van der Waals surface area (Å²) in [6, 6.07) is 11.4. The Morgan fingerprint density at radius 3 is 2.32 bits per heavy atom. The molecule has 4 heteroatoms. The minimum Gasteiger partial charge on any atom is -0.204 e. The van der Waals surface area contributed by atoms with Gasteiger partial charge in [-0.25, -0.2) is 8.78 Å². The van der Waals surface area contributed by atoms with E-state index in [2.05, 4.69) is 0 Å². The Balaban J connectivity index is 2.24. The molecular formula is C15H12Cl2F2. The molecule has 0 radical (unpaired) electrons. The zero-order valence-corrected chi connectivity index (χ0v) is 11.6. The highest BCUT2D eigenvalue weighted by Crippen LogP contribution is 2.25. The van der Waals surface area contributed by atoms with E-state index < -0.39 is 11.6 Å². The van der Waals surface area contributed by atoms with Crippen LogP contribution in [0.2, 0.25) is 5.02 Å². The quantitative estimate of drug-likeness (QED) is 0.682. The fraction of sp³-hybridized carbons (Fsp3) is 0.200. The van der Waals surface area contributed by atoms with Crippen LogP contribution in [-0.2, 0) is 6.42 Å². The van der Waals surface area contributed by atoms with Crippen molar-refractivity contribution in [2.75, 3.05) is 5.88 Å². The molecule has 0 heterocycles. The summed E-state index contributed by atoms with van der Waals surface area (Å²) in [5.74, 6) is -1.37. The van der Waals surface area contributed by atoms with Crippen LogP contribution in [0, 0.1) is 11.6 Å². The monoisotopic (exact) mass is 300 g/mol. The molecule has 100 valence electrons. The van der Waals surface area contributed by atoms with Crippen molar-refractivity contribution in [3.8, 4) is 0 Å². The molecule has 2 rings (SSSR count). The molecule has 0 nitrogen and oxygen atoms in total. The second-order valence-electron chi connectivity index (χ2n) is 4.32. The van der Waals surface area contributed by atoms with E-state index in [-0.39, 0.29) is 5.92 Å². The molecule has 0 bridgehead atoms. The lowest BCUT2D eigenvalue weighted by Gasteiger charge is -2.15. The predicted molar refractivity (Wildman–Crippen MR) is 75.0 cm³/mol. The van der Waals surface area contributed by atoms with Crippen LogP contribution in [0.4, 0.5) is 8.78 Å². The van der Waals surface area contributed by atoms with Gasteiger partial charge in [0.25, 0.3) is 0 Å². The Labute approximate surface area is 121 Å². The van der Waals surface area contributed by atoms with Crippen molar-refractivity contribution in [3.05, 3.63) is 70.2 Å². The average Bonchev–Trinajstić information content (AvgIpc) is 2.42. The van der Waals surface area contributed by atoms with E-state index in [1.165, 1.54) is 6.07 Å². The van der Waals surface area contributed by atoms with Gasteiger partial charge >= 0.3 is 0 Å². The third kappa shape index (κ3) is 3.46. The largest absolute Gasteiger partial charge is 0.204 e. The Morgan fingerprint density at radius 1 is 1.00 bits per heavy atom. The van der Waals surface area contributed by atoms with Crippen molar-refractivity contribution >= 4 is 23.2 Å². The third-order valence-electron chi connectivity index (χ3n) is 3.03. The Bertz CT molecular complexity index is 553. The lowest BCUT2D eigenvalue weighted by atomic mass is 9.93. The van der Waals surface area contributed by atoms with E-state index in [4.69, 9.17) is 23.2 Å². The van der Waals surface area contributed by atoms with E-state index in [0.717, 1.165) is 11.6 Å². The summed E-state index contributed by atoms with van der Waals surface area (Å²) in [5.41, 5.74) is 1.30. The number of hydrogen-bond donors (Lipinski definition) is 0. The molecule has 19 heavy (non-hydrogen) atoms. The summed E-state index contributed by atoms with van der Waals surface area (Å²) >= 11 is 11.8. The summed E-state index contributed by atoms with van der Waals surface area (Å²) in [6.07, 6.45) is 0.356. The molecule has 0 N–H and O–H groups in total. The maximum absolute atomic E-state index is 13.6. The molecule has 0 aliphatic rings. The minimum absolute atomic E-state index is 0.0739. The number of hydrogen-bond acceptors (Lipinski definition) is 0. The summed E-state index contributed by atoms with van der Waals surface area (Å²) in [5, 5.41) is 0.633. The summed E-state index contributed by atoms with van der Waals surface area (Å²) in [7, 11) is 0. The molecule has 0 aliphatic heterocycles. The number of alkyl halides is 1. The minimum atomic E-state index is -0.832. The van der Waals surface area contributed by atoms with Gasteiger partial charge in [-0.1, -0.05) is 35.9 Å². The van der Waals surface area contributed by atoms with E-state index in [1.807, 2.05) is 12.1 Å². The lowest BCUT2D eigenvalue weighted by Crippen LogP contribution is -2.07.